The number of benzene rings is 4. The summed E-state index contributed by atoms with van der Waals surface area (Å²) < 4.78 is 143. The second-order valence-corrected chi connectivity index (χ2v) is 8.75. The third-order valence-corrected chi connectivity index (χ3v) is 5.17. The highest BCUT2D eigenvalue weighted by atomic mass is 16.3. The van der Waals surface area contributed by atoms with E-state index in [1.807, 2.05) is 0 Å². The summed E-state index contributed by atoms with van der Waals surface area (Å²) in [5.74, 6) is 0. The maximum Gasteiger partial charge on any atom is 0.144 e. The zero-order valence-electron chi connectivity index (χ0n) is 34.0. The normalized spacial score (nSPS) is 20.1. The van der Waals surface area contributed by atoms with Crippen molar-refractivity contribution in [2.45, 2.75) is 34.0 Å². The van der Waals surface area contributed by atoms with Crippen LogP contribution in [0, 0.1) is 12.3 Å². The number of aryl methyl sites for hydroxylation is 1. The summed E-state index contributed by atoms with van der Waals surface area (Å²) in [6, 6.07) is -5.37. The lowest BCUT2D eigenvalue weighted by atomic mass is 9.86. The van der Waals surface area contributed by atoms with Crippen molar-refractivity contribution in [2.75, 3.05) is 0 Å². The molecule has 0 unspecified atom stereocenters. The van der Waals surface area contributed by atoms with E-state index in [0.717, 1.165) is 12.3 Å². The van der Waals surface area contributed by atoms with Gasteiger partial charge in [0, 0.05) is 29.4 Å². The Labute approximate surface area is 216 Å². The molecule has 162 valence electrons. The van der Waals surface area contributed by atoms with Crippen LogP contribution in [0.5, 0.6) is 0 Å². The smallest absolute Gasteiger partial charge is 0.144 e. The van der Waals surface area contributed by atoms with Gasteiger partial charge in [-0.05, 0) is 75.5 Å². The van der Waals surface area contributed by atoms with Crippen LogP contribution < -0.4 is 0 Å². The number of aromatic nitrogens is 1. The number of fused-ring (bicyclic) bond motifs is 6. The van der Waals surface area contributed by atoms with Crippen molar-refractivity contribution in [3.05, 3.63) is 89.9 Å². The van der Waals surface area contributed by atoms with Crippen molar-refractivity contribution in [2.24, 2.45) is 5.41 Å². The van der Waals surface area contributed by atoms with Crippen molar-refractivity contribution in [1.82, 2.24) is 4.98 Å². The molecule has 0 saturated carbocycles. The zero-order chi connectivity index (χ0) is 36.6. The molecule has 2 heteroatoms. The van der Waals surface area contributed by atoms with Crippen molar-refractivity contribution >= 4 is 43.5 Å². The number of pyridine rings is 1. The molecule has 0 spiro atoms. The van der Waals surface area contributed by atoms with Gasteiger partial charge in [-0.15, -0.1) is 0 Å². The second kappa shape index (κ2) is 7.18. The number of para-hydroxylation sites is 1. The molecule has 0 fully saturated rings. The predicted molar refractivity (Wildman–Crippen MR) is 140 cm³/mol. The minimum absolute atomic E-state index is 0.171. The summed E-state index contributed by atoms with van der Waals surface area (Å²) >= 11 is 0. The minimum Gasteiger partial charge on any atom is -0.455 e. The van der Waals surface area contributed by atoms with Crippen LogP contribution in [0.3, 0.4) is 0 Å². The van der Waals surface area contributed by atoms with Crippen LogP contribution in [0.2, 0.25) is 0 Å². The summed E-state index contributed by atoms with van der Waals surface area (Å²) in [6.07, 6.45) is -1.28. The van der Waals surface area contributed by atoms with Gasteiger partial charge in [-0.1, -0.05) is 69.1 Å². The first-order valence-electron chi connectivity index (χ1n) is 18.3. The average Bonchev–Trinajstić information content (AvgIpc) is 3.41. The average molecular weight is 446 g/mol. The third kappa shape index (κ3) is 3.38. The molecule has 0 saturated heterocycles. The van der Waals surface area contributed by atoms with E-state index in [1.165, 1.54) is 0 Å². The first-order valence-corrected chi connectivity index (χ1v) is 10.3. The number of hydrogen-bond donors (Lipinski definition) is 0. The predicted octanol–water partition coefficient (Wildman–Crippen LogP) is 8.85. The van der Waals surface area contributed by atoms with E-state index < -0.39 is 85.1 Å². The first kappa shape index (κ1) is 9.30. The van der Waals surface area contributed by atoms with E-state index in [2.05, 4.69) is 4.98 Å². The highest BCUT2D eigenvalue weighted by Crippen LogP contribution is 2.39. The molecule has 0 aliphatic rings. The number of hydrogen-bond acceptors (Lipinski definition) is 2. The molecule has 2 heterocycles. The van der Waals surface area contributed by atoms with Crippen molar-refractivity contribution in [1.29, 1.82) is 0 Å². The number of furan rings is 1. The topological polar surface area (TPSA) is 26.0 Å². The Morgan fingerprint density at radius 1 is 0.909 bits per heavy atom. The summed E-state index contributed by atoms with van der Waals surface area (Å²) in [5, 5.41) is -1.60. The first-order chi connectivity index (χ1) is 22.5. The molecular weight excluding hydrogens is 402 g/mol. The Morgan fingerprint density at radius 2 is 1.73 bits per heavy atom. The van der Waals surface area contributed by atoms with E-state index in [9.17, 15) is 2.74 Å². The number of rotatable bonds is 2. The monoisotopic (exact) mass is 445 g/mol. The molecule has 33 heavy (non-hydrogen) atoms. The molecule has 0 amide bonds. The number of nitrogens with zero attached hydrogens (tertiary/aromatic N) is 1. The molecule has 6 aromatic rings. The Balaban J connectivity index is 1.85. The fourth-order valence-corrected chi connectivity index (χ4v) is 3.79. The van der Waals surface area contributed by atoms with Gasteiger partial charge in [0.05, 0.1) is 20.8 Å². The van der Waals surface area contributed by atoms with E-state index in [1.54, 1.807) is 20.8 Å². The van der Waals surface area contributed by atoms with E-state index in [4.69, 9.17) is 23.6 Å². The van der Waals surface area contributed by atoms with Gasteiger partial charge in [0.2, 0.25) is 0 Å². The fourth-order valence-electron chi connectivity index (χ4n) is 3.79. The van der Waals surface area contributed by atoms with Gasteiger partial charge in [0.25, 0.3) is 0 Å². The van der Waals surface area contributed by atoms with Crippen LogP contribution in [0.1, 0.15) is 53.8 Å². The molecule has 2 nitrogen and oxygen atoms in total. The Hall–Kier alpha value is -3.65. The quantitative estimate of drug-likeness (QED) is 0.249. The molecule has 6 rings (SSSR count). The lowest BCUT2D eigenvalue weighted by molar-refractivity contribution is 0.410. The summed E-state index contributed by atoms with van der Waals surface area (Å²) in [4.78, 5) is 4.25. The van der Waals surface area contributed by atoms with Crippen LogP contribution in [0.4, 0.5) is 0 Å². The largest absolute Gasteiger partial charge is 0.455 e. The van der Waals surface area contributed by atoms with Gasteiger partial charge in [-0.3, -0.25) is 4.98 Å². The summed E-state index contributed by atoms with van der Waals surface area (Å²) in [6.45, 7) is 1.99. The highest BCUT2D eigenvalue weighted by molar-refractivity contribution is 6.17. The van der Waals surface area contributed by atoms with Crippen molar-refractivity contribution in [3.63, 3.8) is 0 Å². The van der Waals surface area contributed by atoms with E-state index in [-0.39, 0.29) is 65.9 Å². The summed E-state index contributed by atoms with van der Waals surface area (Å²) in [7, 11) is 0. The molecule has 0 radical (unpaired) electrons. The minimum atomic E-state index is -2.77. The summed E-state index contributed by atoms with van der Waals surface area (Å²) in [5.41, 5.74) is -2.79. The van der Waals surface area contributed by atoms with Crippen molar-refractivity contribution < 1.29 is 26.3 Å². The van der Waals surface area contributed by atoms with Gasteiger partial charge < -0.3 is 4.42 Å². The lowest BCUT2D eigenvalue weighted by Gasteiger charge is -2.20. The molecular formula is C31H27NO. The van der Waals surface area contributed by atoms with Crippen LogP contribution in [0.15, 0.2) is 83.1 Å². The second-order valence-electron chi connectivity index (χ2n) is 8.75. The van der Waals surface area contributed by atoms with E-state index in [0.29, 0.717) is 0 Å². The van der Waals surface area contributed by atoms with Crippen LogP contribution in [0.25, 0.3) is 54.7 Å². The Morgan fingerprint density at radius 3 is 2.58 bits per heavy atom. The molecule has 0 atom stereocenters. The molecule has 4 aromatic carbocycles. The third-order valence-electron chi connectivity index (χ3n) is 5.17. The van der Waals surface area contributed by atoms with Gasteiger partial charge in [0.15, 0.2) is 0 Å². The van der Waals surface area contributed by atoms with Crippen LogP contribution >= 0.6 is 0 Å². The van der Waals surface area contributed by atoms with Crippen molar-refractivity contribution in [3.8, 4) is 11.3 Å². The fraction of sp³-hybridized carbons (Fsp3) is 0.194. The molecule has 0 aliphatic carbocycles. The lowest BCUT2D eigenvalue weighted by Crippen LogP contribution is -2.10. The molecule has 0 N–H and O–H groups in total. The van der Waals surface area contributed by atoms with Crippen LogP contribution in [-0.2, 0) is 6.37 Å². The van der Waals surface area contributed by atoms with Gasteiger partial charge in [-0.2, -0.15) is 0 Å². The van der Waals surface area contributed by atoms with Crippen LogP contribution in [-0.4, -0.2) is 4.98 Å². The SMILES string of the molecule is [2H]c1c([2H])c([2H])c2c(oc3c([2H])c4c(c([2H])c([2H])c5c([2H])c([2H])c([2H])c([2H])c54)c([2H])c32)c1-c1cc(C([2H])([2H])C(C)(C)C)c(C([2H])([2H])[2H])cn1. The maximum atomic E-state index is 9.18. The van der Waals surface area contributed by atoms with Gasteiger partial charge in [0.1, 0.15) is 11.2 Å². The van der Waals surface area contributed by atoms with Gasteiger partial charge in [-0.25, -0.2) is 0 Å². The maximum absolute atomic E-state index is 9.18. The Bertz CT molecular complexity index is 2460. The van der Waals surface area contributed by atoms with E-state index >= 15 is 0 Å². The standard InChI is InChI=1S/C31H27NO/c1-19-18-32-28(15-22(19)17-31(2,3)4)25-11-7-10-24-27-14-21-13-12-20-8-5-6-9-23(20)26(21)16-29(27)33-30(24)25/h5-16,18H,17H2,1-4H3/i1D3,5D,6D,7D,8D,9D,10D,11D,12D,13D,14D,16D,17D2. The molecule has 0 bridgehead atoms. The molecule has 0 aliphatic heterocycles. The highest BCUT2D eigenvalue weighted by Gasteiger charge is 2.17. The Kier molecular flexibility index (Phi) is 2.02. The zero-order valence-corrected chi connectivity index (χ0v) is 18.0. The van der Waals surface area contributed by atoms with Gasteiger partial charge >= 0.3 is 0 Å². The molecule has 2 aromatic heterocycles.